The highest BCUT2D eigenvalue weighted by atomic mass is 16.6. The van der Waals surface area contributed by atoms with Crippen LogP contribution in [0.3, 0.4) is 0 Å². The molecule has 0 aromatic rings. The molecule has 438 valence electrons. The minimum atomic E-state index is -0.781. The Morgan fingerprint density at radius 3 is 0.787 bits per heavy atom. The molecule has 0 aromatic heterocycles. The van der Waals surface area contributed by atoms with Crippen molar-refractivity contribution in [1.82, 2.24) is 0 Å². The zero-order valence-corrected chi connectivity index (χ0v) is 50.3. The highest BCUT2D eigenvalue weighted by molar-refractivity contribution is 5.71. The van der Waals surface area contributed by atoms with Crippen molar-refractivity contribution in [2.75, 3.05) is 13.2 Å². The second kappa shape index (κ2) is 63.9. The summed E-state index contributed by atoms with van der Waals surface area (Å²) in [6.45, 7) is 6.66. The van der Waals surface area contributed by atoms with Crippen molar-refractivity contribution in [3.8, 4) is 0 Å². The van der Waals surface area contributed by atoms with Crippen molar-refractivity contribution in [3.05, 3.63) is 48.6 Å². The summed E-state index contributed by atoms with van der Waals surface area (Å²) in [6.07, 6.45) is 79.7. The summed E-state index contributed by atoms with van der Waals surface area (Å²) < 4.78 is 17.0. The van der Waals surface area contributed by atoms with Crippen LogP contribution in [0.1, 0.15) is 355 Å². The predicted molar refractivity (Wildman–Crippen MR) is 325 cm³/mol. The Morgan fingerprint density at radius 2 is 0.480 bits per heavy atom. The molecule has 0 aliphatic heterocycles. The van der Waals surface area contributed by atoms with Crippen LogP contribution in [-0.2, 0) is 28.6 Å². The SMILES string of the molecule is CCCCC/C=C\C/C=C\C/C=C\CCCCCCCCC(=O)OC(COC(=O)CCCCCCCCC/C=C\CCCCCCCC)COC(=O)CCCCCCCCCCCCCCCCCCCCCCC. The van der Waals surface area contributed by atoms with Crippen molar-refractivity contribution in [2.45, 2.75) is 361 Å². The van der Waals surface area contributed by atoms with E-state index in [1.165, 1.54) is 238 Å². The third kappa shape index (κ3) is 62.1. The van der Waals surface area contributed by atoms with Crippen LogP contribution in [0.5, 0.6) is 0 Å². The summed E-state index contributed by atoms with van der Waals surface area (Å²) in [4.78, 5) is 38.4. The van der Waals surface area contributed by atoms with E-state index in [9.17, 15) is 14.4 Å². The fourth-order valence-corrected chi connectivity index (χ4v) is 9.80. The van der Waals surface area contributed by atoms with Crippen LogP contribution >= 0.6 is 0 Å². The van der Waals surface area contributed by atoms with Gasteiger partial charge in [-0.25, -0.2) is 0 Å². The van der Waals surface area contributed by atoms with Crippen molar-refractivity contribution in [1.29, 1.82) is 0 Å². The van der Waals surface area contributed by atoms with Crippen LogP contribution in [-0.4, -0.2) is 37.2 Å². The van der Waals surface area contributed by atoms with Gasteiger partial charge < -0.3 is 14.2 Å². The van der Waals surface area contributed by atoms with E-state index in [0.717, 1.165) is 77.0 Å². The maximum absolute atomic E-state index is 12.9. The standard InChI is InChI=1S/C69H126O6/c1-4-7-10-13-16-19-22-25-28-31-33-34-36-38-41-44-47-50-53-56-59-62-68(71)74-65-66(64-73-67(70)61-58-55-52-49-46-43-40-37-30-27-24-21-18-15-12-9-6-3)75-69(72)63-60-57-54-51-48-45-42-39-35-32-29-26-23-20-17-14-11-8-5-2/h17,20,26-27,29-30,35,39,66H,4-16,18-19,21-25,28,31-34,36-38,40-65H2,1-3H3/b20-17-,29-26-,30-27-,39-35-. The number of allylic oxidation sites excluding steroid dienone is 8. The van der Waals surface area contributed by atoms with Gasteiger partial charge in [-0.3, -0.25) is 14.4 Å². The van der Waals surface area contributed by atoms with Crippen LogP contribution in [0.2, 0.25) is 0 Å². The molecule has 1 unspecified atom stereocenters. The molecular weight excluding hydrogens is 925 g/mol. The molecule has 6 nitrogen and oxygen atoms in total. The lowest BCUT2D eigenvalue weighted by Gasteiger charge is -2.18. The summed E-state index contributed by atoms with van der Waals surface area (Å²) >= 11 is 0. The largest absolute Gasteiger partial charge is 0.462 e. The van der Waals surface area contributed by atoms with Crippen molar-refractivity contribution in [3.63, 3.8) is 0 Å². The Kier molecular flexibility index (Phi) is 61.7. The fourth-order valence-electron chi connectivity index (χ4n) is 9.80. The van der Waals surface area contributed by atoms with Crippen LogP contribution in [0, 0.1) is 0 Å². The number of rotatable bonds is 61. The van der Waals surface area contributed by atoms with Gasteiger partial charge in [-0.2, -0.15) is 0 Å². The van der Waals surface area contributed by atoms with Crippen LogP contribution < -0.4 is 0 Å². The Balaban J connectivity index is 4.35. The summed E-state index contributed by atoms with van der Waals surface area (Å²) in [5, 5.41) is 0. The average molecular weight is 1050 g/mol. The van der Waals surface area contributed by atoms with E-state index >= 15 is 0 Å². The van der Waals surface area contributed by atoms with Gasteiger partial charge in [-0.15, -0.1) is 0 Å². The molecule has 0 bridgehead atoms. The molecule has 0 N–H and O–H groups in total. The molecule has 0 amide bonds. The van der Waals surface area contributed by atoms with E-state index in [0.29, 0.717) is 19.3 Å². The Labute approximate surface area is 467 Å². The molecule has 0 radical (unpaired) electrons. The van der Waals surface area contributed by atoms with Gasteiger partial charge in [0.25, 0.3) is 0 Å². The van der Waals surface area contributed by atoms with Gasteiger partial charge in [0.2, 0.25) is 0 Å². The van der Waals surface area contributed by atoms with E-state index in [4.69, 9.17) is 14.2 Å². The number of esters is 3. The third-order valence-corrected chi connectivity index (χ3v) is 14.8. The lowest BCUT2D eigenvalue weighted by Crippen LogP contribution is -2.30. The second-order valence-electron chi connectivity index (χ2n) is 22.4. The lowest BCUT2D eigenvalue weighted by atomic mass is 10.0. The topological polar surface area (TPSA) is 78.9 Å². The van der Waals surface area contributed by atoms with E-state index in [2.05, 4.69) is 69.4 Å². The molecule has 0 rings (SSSR count). The maximum Gasteiger partial charge on any atom is 0.306 e. The van der Waals surface area contributed by atoms with E-state index in [1.807, 2.05) is 0 Å². The molecule has 0 fully saturated rings. The summed E-state index contributed by atoms with van der Waals surface area (Å²) in [6, 6.07) is 0. The molecule has 1 atom stereocenters. The molecule has 0 spiro atoms. The molecule has 0 aliphatic rings. The minimum Gasteiger partial charge on any atom is -0.462 e. The van der Waals surface area contributed by atoms with Gasteiger partial charge in [-0.05, 0) is 83.5 Å². The van der Waals surface area contributed by atoms with E-state index < -0.39 is 6.10 Å². The summed E-state index contributed by atoms with van der Waals surface area (Å²) in [5.41, 5.74) is 0. The second-order valence-corrected chi connectivity index (χ2v) is 22.4. The minimum absolute atomic E-state index is 0.0761. The smallest absolute Gasteiger partial charge is 0.306 e. The van der Waals surface area contributed by atoms with Crippen LogP contribution in [0.25, 0.3) is 0 Å². The quantitative estimate of drug-likeness (QED) is 0.0261. The Bertz CT molecular complexity index is 1300. The number of carbonyl (C=O) groups excluding carboxylic acids is 3. The number of hydrogen-bond acceptors (Lipinski definition) is 6. The fraction of sp³-hybridized carbons (Fsp3) is 0.841. The van der Waals surface area contributed by atoms with Crippen molar-refractivity contribution >= 4 is 17.9 Å². The lowest BCUT2D eigenvalue weighted by molar-refractivity contribution is -0.167. The Hall–Kier alpha value is -2.63. The van der Waals surface area contributed by atoms with E-state index in [-0.39, 0.29) is 31.1 Å². The van der Waals surface area contributed by atoms with Gasteiger partial charge in [-0.1, -0.05) is 301 Å². The highest BCUT2D eigenvalue weighted by Crippen LogP contribution is 2.17. The molecule has 6 heteroatoms. The average Bonchev–Trinajstić information content (AvgIpc) is 3.41. The highest BCUT2D eigenvalue weighted by Gasteiger charge is 2.19. The number of carbonyl (C=O) groups is 3. The van der Waals surface area contributed by atoms with Gasteiger partial charge in [0.1, 0.15) is 13.2 Å². The number of unbranched alkanes of at least 4 members (excludes halogenated alkanes) is 42. The zero-order chi connectivity index (χ0) is 54.3. The first kappa shape index (κ1) is 72.4. The first-order chi connectivity index (χ1) is 37.0. The predicted octanol–water partition coefficient (Wildman–Crippen LogP) is 22.6. The molecular formula is C69H126O6. The number of hydrogen-bond donors (Lipinski definition) is 0. The van der Waals surface area contributed by atoms with E-state index in [1.54, 1.807) is 0 Å². The zero-order valence-electron chi connectivity index (χ0n) is 50.3. The molecule has 0 aliphatic carbocycles. The normalized spacial score (nSPS) is 12.3. The molecule has 0 heterocycles. The summed E-state index contributed by atoms with van der Waals surface area (Å²) in [5.74, 6) is -0.870. The van der Waals surface area contributed by atoms with Gasteiger partial charge in [0, 0.05) is 19.3 Å². The van der Waals surface area contributed by atoms with Crippen LogP contribution in [0.4, 0.5) is 0 Å². The van der Waals surface area contributed by atoms with Gasteiger partial charge >= 0.3 is 17.9 Å². The van der Waals surface area contributed by atoms with Crippen LogP contribution in [0.15, 0.2) is 48.6 Å². The molecule has 0 aromatic carbocycles. The van der Waals surface area contributed by atoms with Gasteiger partial charge in [0.15, 0.2) is 6.10 Å². The van der Waals surface area contributed by atoms with Crippen molar-refractivity contribution in [2.24, 2.45) is 0 Å². The Morgan fingerprint density at radius 1 is 0.267 bits per heavy atom. The third-order valence-electron chi connectivity index (χ3n) is 14.8. The number of ether oxygens (including phenoxy) is 3. The molecule has 75 heavy (non-hydrogen) atoms. The first-order valence-electron chi connectivity index (χ1n) is 33.1. The summed E-state index contributed by atoms with van der Waals surface area (Å²) in [7, 11) is 0. The maximum atomic E-state index is 12.9. The molecule has 0 saturated heterocycles. The van der Waals surface area contributed by atoms with Gasteiger partial charge in [0.05, 0.1) is 0 Å². The molecule has 0 saturated carbocycles. The monoisotopic (exact) mass is 1050 g/mol. The van der Waals surface area contributed by atoms with Crippen molar-refractivity contribution < 1.29 is 28.6 Å². The first-order valence-corrected chi connectivity index (χ1v) is 33.1.